The molecule has 2 saturated heterocycles. The van der Waals surface area contributed by atoms with E-state index in [-0.39, 0.29) is 36.5 Å². The minimum absolute atomic E-state index is 0.0241. The van der Waals surface area contributed by atoms with Crippen LogP contribution < -0.4 is 21.8 Å². The predicted octanol–water partition coefficient (Wildman–Crippen LogP) is 2.42. The molecule has 0 aromatic rings. The minimum Gasteiger partial charge on any atom is -0.355 e. The fourth-order valence-corrected chi connectivity index (χ4v) is 7.45. The molecular formula is C27H50F2N6O. The third-order valence-electron chi connectivity index (χ3n) is 9.39. The maximum atomic E-state index is 14.4. The van der Waals surface area contributed by atoms with Crippen LogP contribution in [0.1, 0.15) is 65.2 Å². The Hall–Kier alpha value is -0.870. The fraction of sp³-hybridized carbons (Fsp3) is 0.963. The Labute approximate surface area is 216 Å². The number of nitrogens with two attached hydrogens (primary N) is 1. The summed E-state index contributed by atoms with van der Waals surface area (Å²) in [7, 11) is 2.15. The number of likely N-dealkylation sites (N-methyl/N-ethyl adjacent to an activating group) is 1. The molecule has 5 N–H and O–H groups in total. The molecule has 8 unspecified atom stereocenters. The van der Waals surface area contributed by atoms with Crippen LogP contribution in [0.4, 0.5) is 8.78 Å². The third-order valence-corrected chi connectivity index (χ3v) is 9.39. The maximum Gasteiger partial charge on any atom is 0.223 e. The zero-order valence-corrected chi connectivity index (χ0v) is 22.6. The average Bonchev–Trinajstić information content (AvgIpc) is 3.28. The number of alkyl halides is 2. The number of nitrogens with zero attached hydrogens (tertiary/aromatic N) is 2. The van der Waals surface area contributed by atoms with Gasteiger partial charge in [0.1, 0.15) is 12.3 Å². The second-order valence-corrected chi connectivity index (χ2v) is 12.3. The summed E-state index contributed by atoms with van der Waals surface area (Å²) in [6.45, 7) is 7.88. The van der Waals surface area contributed by atoms with E-state index in [1.54, 1.807) is 0 Å². The van der Waals surface area contributed by atoms with Gasteiger partial charge in [-0.3, -0.25) is 15.5 Å². The molecule has 4 aliphatic rings. The molecule has 0 aromatic carbocycles. The molecule has 2 heterocycles. The smallest absolute Gasteiger partial charge is 0.223 e. The van der Waals surface area contributed by atoms with Gasteiger partial charge in [0.05, 0.1) is 6.17 Å². The van der Waals surface area contributed by atoms with Crippen LogP contribution in [-0.2, 0) is 4.79 Å². The van der Waals surface area contributed by atoms with Crippen molar-refractivity contribution in [2.45, 2.75) is 95.8 Å². The number of hydrogen-bond acceptors (Lipinski definition) is 6. The highest BCUT2D eigenvalue weighted by atomic mass is 19.1. The normalized spacial score (nSPS) is 39.9. The van der Waals surface area contributed by atoms with E-state index in [0.717, 1.165) is 26.1 Å². The summed E-state index contributed by atoms with van der Waals surface area (Å²) < 4.78 is 28.8. The van der Waals surface area contributed by atoms with E-state index >= 15 is 0 Å². The number of carbonyl (C=O) groups excluding carboxylic acids is 1. The zero-order valence-electron chi connectivity index (χ0n) is 22.6. The SMILES string of the molecule is CC(C)N1NCC2C(C(=O)NCC3C(F)CCCC3F)CC(C3CCCC(CN(C)CCN)C3)NC21. The van der Waals surface area contributed by atoms with Crippen molar-refractivity contribution in [2.24, 2.45) is 35.3 Å². The Morgan fingerprint density at radius 3 is 2.56 bits per heavy atom. The highest BCUT2D eigenvalue weighted by Crippen LogP contribution is 2.40. The lowest BCUT2D eigenvalue weighted by Crippen LogP contribution is -2.62. The van der Waals surface area contributed by atoms with E-state index < -0.39 is 18.3 Å². The van der Waals surface area contributed by atoms with Gasteiger partial charge in [-0.05, 0) is 77.7 Å². The van der Waals surface area contributed by atoms with Crippen LogP contribution in [0.5, 0.6) is 0 Å². The lowest BCUT2D eigenvalue weighted by molar-refractivity contribution is -0.130. The molecule has 4 fully saturated rings. The van der Waals surface area contributed by atoms with Crippen LogP contribution in [0.25, 0.3) is 0 Å². The van der Waals surface area contributed by atoms with Gasteiger partial charge in [-0.1, -0.05) is 6.42 Å². The largest absolute Gasteiger partial charge is 0.355 e. The number of amides is 1. The second kappa shape index (κ2) is 12.8. The van der Waals surface area contributed by atoms with Gasteiger partial charge in [0, 0.05) is 62.6 Å². The number of halogens is 2. The van der Waals surface area contributed by atoms with Crippen molar-refractivity contribution < 1.29 is 13.6 Å². The third kappa shape index (κ3) is 6.57. The number of piperidine rings is 1. The molecule has 36 heavy (non-hydrogen) atoms. The maximum absolute atomic E-state index is 14.4. The summed E-state index contributed by atoms with van der Waals surface area (Å²) in [6.07, 6.45) is 4.78. The van der Waals surface area contributed by atoms with Gasteiger partial charge >= 0.3 is 0 Å². The van der Waals surface area contributed by atoms with Crippen LogP contribution in [-0.4, -0.2) is 86.2 Å². The molecule has 208 valence electrons. The monoisotopic (exact) mass is 512 g/mol. The van der Waals surface area contributed by atoms with Gasteiger partial charge in [-0.15, -0.1) is 0 Å². The molecule has 0 bridgehead atoms. The Kier molecular flexibility index (Phi) is 10.00. The summed E-state index contributed by atoms with van der Waals surface area (Å²) in [5.74, 6) is 0.442. The standard InChI is InChI=1S/C27H50F2N6O/c1-17(2)35-26-21(15-32-35)20(27(36)31-14-22-23(28)8-5-9-24(22)29)13-25(33-26)19-7-4-6-18(12-19)16-34(3)11-10-30/h17-26,32-33H,4-16,30H2,1-3H3,(H,31,36). The summed E-state index contributed by atoms with van der Waals surface area (Å²) >= 11 is 0. The molecule has 7 nitrogen and oxygen atoms in total. The second-order valence-electron chi connectivity index (χ2n) is 12.3. The summed E-state index contributed by atoms with van der Waals surface area (Å²) in [4.78, 5) is 15.9. The van der Waals surface area contributed by atoms with Crippen molar-refractivity contribution in [2.75, 3.05) is 39.8 Å². The van der Waals surface area contributed by atoms with Gasteiger partial charge in [0.15, 0.2) is 0 Å². The molecule has 0 radical (unpaired) electrons. The van der Waals surface area contributed by atoms with Crippen molar-refractivity contribution in [3.63, 3.8) is 0 Å². The van der Waals surface area contributed by atoms with Crippen molar-refractivity contribution in [1.29, 1.82) is 0 Å². The number of fused-ring (bicyclic) bond motifs is 1. The molecular weight excluding hydrogens is 462 g/mol. The molecule has 8 atom stereocenters. The van der Waals surface area contributed by atoms with E-state index in [0.29, 0.717) is 43.7 Å². The van der Waals surface area contributed by atoms with E-state index in [1.165, 1.54) is 25.7 Å². The van der Waals surface area contributed by atoms with Crippen LogP contribution >= 0.6 is 0 Å². The lowest BCUT2D eigenvalue weighted by Gasteiger charge is -2.46. The first-order chi connectivity index (χ1) is 17.3. The highest BCUT2D eigenvalue weighted by Gasteiger charge is 2.49. The molecule has 4 rings (SSSR count). The van der Waals surface area contributed by atoms with Crippen LogP contribution in [0, 0.1) is 29.6 Å². The van der Waals surface area contributed by atoms with Crippen molar-refractivity contribution >= 4 is 5.91 Å². The van der Waals surface area contributed by atoms with Crippen molar-refractivity contribution in [3.8, 4) is 0 Å². The average molecular weight is 513 g/mol. The molecule has 9 heteroatoms. The Morgan fingerprint density at radius 1 is 1.14 bits per heavy atom. The highest BCUT2D eigenvalue weighted by molar-refractivity contribution is 5.79. The number of nitrogens with one attached hydrogen (secondary N) is 3. The fourth-order valence-electron chi connectivity index (χ4n) is 7.45. The molecule has 2 aliphatic carbocycles. The summed E-state index contributed by atoms with van der Waals surface area (Å²) in [6, 6.07) is 0.573. The van der Waals surface area contributed by atoms with Gasteiger partial charge in [-0.25, -0.2) is 13.8 Å². The van der Waals surface area contributed by atoms with Crippen molar-refractivity contribution in [3.05, 3.63) is 0 Å². The van der Waals surface area contributed by atoms with E-state index in [9.17, 15) is 13.6 Å². The van der Waals surface area contributed by atoms with E-state index in [1.807, 2.05) is 0 Å². The van der Waals surface area contributed by atoms with Crippen LogP contribution in [0.2, 0.25) is 0 Å². The quantitative estimate of drug-likeness (QED) is 0.380. The predicted molar refractivity (Wildman–Crippen MR) is 139 cm³/mol. The summed E-state index contributed by atoms with van der Waals surface area (Å²) in [5, 5.41) is 9.22. The molecule has 1 amide bonds. The first-order valence-electron chi connectivity index (χ1n) is 14.5. The molecule has 2 aliphatic heterocycles. The van der Waals surface area contributed by atoms with Crippen molar-refractivity contribution in [1.82, 2.24) is 26.0 Å². The van der Waals surface area contributed by atoms with Gasteiger partial charge < -0.3 is 16.0 Å². The number of rotatable bonds is 9. The molecule has 0 spiro atoms. The number of hydrazine groups is 1. The molecule has 0 aromatic heterocycles. The first-order valence-corrected chi connectivity index (χ1v) is 14.5. The summed E-state index contributed by atoms with van der Waals surface area (Å²) in [5.41, 5.74) is 9.28. The zero-order chi connectivity index (χ0) is 25.8. The Balaban J connectivity index is 1.43. The number of carbonyl (C=O) groups is 1. The Bertz CT molecular complexity index is 704. The topological polar surface area (TPSA) is 85.7 Å². The Morgan fingerprint density at radius 2 is 1.86 bits per heavy atom. The van der Waals surface area contributed by atoms with Crippen LogP contribution in [0.3, 0.4) is 0 Å². The molecule has 2 saturated carbocycles. The van der Waals surface area contributed by atoms with Crippen LogP contribution in [0.15, 0.2) is 0 Å². The van der Waals surface area contributed by atoms with E-state index in [4.69, 9.17) is 5.73 Å². The minimum atomic E-state index is -1.16. The van der Waals surface area contributed by atoms with Gasteiger partial charge in [0.2, 0.25) is 5.91 Å². The van der Waals surface area contributed by atoms with Gasteiger partial charge in [0.25, 0.3) is 0 Å². The lowest BCUT2D eigenvalue weighted by atomic mass is 9.71. The van der Waals surface area contributed by atoms with Gasteiger partial charge in [-0.2, -0.15) is 0 Å². The first kappa shape index (κ1) is 28.1. The number of hydrogen-bond donors (Lipinski definition) is 4. The van der Waals surface area contributed by atoms with E-state index in [2.05, 4.69) is 46.9 Å².